The third kappa shape index (κ3) is 2.81. The van der Waals surface area contributed by atoms with Crippen LogP contribution in [-0.4, -0.2) is 15.4 Å². The normalized spacial score (nSPS) is 12.9. The van der Waals surface area contributed by atoms with E-state index in [1.165, 1.54) is 12.1 Å². The summed E-state index contributed by atoms with van der Waals surface area (Å²) in [7, 11) is 0. The van der Waals surface area contributed by atoms with Crippen molar-refractivity contribution >= 4 is 22.6 Å². The Kier molecular flexibility index (Phi) is 3.97. The number of aromatic nitrogens is 2. The summed E-state index contributed by atoms with van der Waals surface area (Å²) in [5.41, 5.74) is 1.59. The monoisotopic (exact) mass is 306 g/mol. The van der Waals surface area contributed by atoms with Crippen LogP contribution in [-0.2, 0) is 12.8 Å². The second-order valence-electron chi connectivity index (χ2n) is 5.10. The second-order valence-corrected chi connectivity index (χ2v) is 5.48. The third-order valence-corrected chi connectivity index (χ3v) is 3.75. The van der Waals surface area contributed by atoms with Gasteiger partial charge in [0.15, 0.2) is 0 Å². The van der Waals surface area contributed by atoms with Gasteiger partial charge in [-0.1, -0.05) is 0 Å². The number of halogens is 2. The summed E-state index contributed by atoms with van der Waals surface area (Å²) < 4.78 is 21.0. The van der Waals surface area contributed by atoms with Crippen LogP contribution in [0.15, 0.2) is 41.0 Å². The van der Waals surface area contributed by atoms with E-state index in [-0.39, 0.29) is 11.9 Å². The van der Waals surface area contributed by atoms with E-state index in [1.807, 2.05) is 12.1 Å². The Morgan fingerprint density at radius 2 is 2.24 bits per heavy atom. The number of rotatable bonds is 5. The number of nitrogens with zero attached hydrogens (tertiary/aromatic N) is 2. The zero-order chi connectivity index (χ0) is 14.8. The first-order valence-electron chi connectivity index (χ1n) is 6.93. The van der Waals surface area contributed by atoms with Crippen LogP contribution in [0.4, 0.5) is 4.39 Å². The molecule has 0 radical (unpaired) electrons. The Balaban J connectivity index is 2.05. The molecule has 1 unspecified atom stereocenters. The average molecular weight is 307 g/mol. The van der Waals surface area contributed by atoms with Gasteiger partial charge in [-0.2, -0.15) is 0 Å². The van der Waals surface area contributed by atoms with Gasteiger partial charge in [0, 0.05) is 24.8 Å². The van der Waals surface area contributed by atoms with Crippen LogP contribution in [0.3, 0.4) is 0 Å². The van der Waals surface area contributed by atoms with E-state index < -0.39 is 0 Å². The molecule has 1 atom stereocenters. The molecule has 0 aliphatic carbocycles. The molecule has 0 bridgehead atoms. The number of furan rings is 1. The largest absolute Gasteiger partial charge is 0.469 e. The Labute approximate surface area is 127 Å². The molecule has 3 nitrogen and oxygen atoms in total. The molecule has 3 rings (SSSR count). The summed E-state index contributed by atoms with van der Waals surface area (Å²) in [6, 6.07) is 8.59. The standard InChI is InChI=1S/C16H16ClFN2O/c1-11(9-13-3-2-8-21-13)20-15-10-12(18)4-5-14(15)19-16(20)6-7-17/h2-5,8,10-11H,6-7,9H2,1H3. The predicted octanol–water partition coefficient (Wildman–Crippen LogP) is 4.35. The average Bonchev–Trinajstić information content (AvgIpc) is 3.06. The topological polar surface area (TPSA) is 31.0 Å². The van der Waals surface area contributed by atoms with E-state index in [9.17, 15) is 4.39 Å². The molecule has 0 fully saturated rings. The maximum atomic E-state index is 13.6. The van der Waals surface area contributed by atoms with Crippen molar-refractivity contribution in [1.82, 2.24) is 9.55 Å². The van der Waals surface area contributed by atoms with Crippen molar-refractivity contribution in [3.63, 3.8) is 0 Å². The van der Waals surface area contributed by atoms with Crippen LogP contribution in [0.1, 0.15) is 24.6 Å². The highest BCUT2D eigenvalue weighted by molar-refractivity contribution is 6.17. The Morgan fingerprint density at radius 3 is 2.95 bits per heavy atom. The smallest absolute Gasteiger partial charge is 0.125 e. The second kappa shape index (κ2) is 5.90. The molecule has 110 valence electrons. The SMILES string of the molecule is CC(Cc1ccco1)n1c(CCCl)nc2ccc(F)cc21. The third-order valence-electron chi connectivity index (χ3n) is 3.56. The summed E-state index contributed by atoms with van der Waals surface area (Å²) in [4.78, 5) is 4.58. The fourth-order valence-electron chi connectivity index (χ4n) is 2.68. The fraction of sp³-hybridized carbons (Fsp3) is 0.312. The van der Waals surface area contributed by atoms with Gasteiger partial charge in [0.25, 0.3) is 0 Å². The highest BCUT2D eigenvalue weighted by Gasteiger charge is 2.17. The lowest BCUT2D eigenvalue weighted by Crippen LogP contribution is -2.12. The molecule has 3 aromatic rings. The fourth-order valence-corrected chi connectivity index (χ4v) is 2.85. The highest BCUT2D eigenvalue weighted by Crippen LogP contribution is 2.25. The van der Waals surface area contributed by atoms with Crippen molar-refractivity contribution in [3.8, 4) is 0 Å². The lowest BCUT2D eigenvalue weighted by Gasteiger charge is -2.16. The molecule has 0 saturated heterocycles. The van der Waals surface area contributed by atoms with Crippen LogP contribution in [0.5, 0.6) is 0 Å². The van der Waals surface area contributed by atoms with Gasteiger partial charge in [0.05, 0.1) is 17.3 Å². The zero-order valence-corrected chi connectivity index (χ0v) is 12.5. The van der Waals surface area contributed by atoms with Gasteiger partial charge >= 0.3 is 0 Å². The molecule has 0 aliphatic rings. The number of fused-ring (bicyclic) bond motifs is 1. The summed E-state index contributed by atoms with van der Waals surface area (Å²) in [6.45, 7) is 2.08. The van der Waals surface area contributed by atoms with Gasteiger partial charge in [0.1, 0.15) is 17.4 Å². The molecule has 0 spiro atoms. The van der Waals surface area contributed by atoms with Crippen molar-refractivity contribution in [2.45, 2.75) is 25.8 Å². The Hall–Kier alpha value is -1.81. The van der Waals surface area contributed by atoms with Crippen LogP contribution in [0, 0.1) is 5.82 Å². The maximum Gasteiger partial charge on any atom is 0.125 e. The van der Waals surface area contributed by atoms with Crippen molar-refractivity contribution in [2.75, 3.05) is 5.88 Å². The van der Waals surface area contributed by atoms with E-state index in [1.54, 1.807) is 12.3 Å². The van der Waals surface area contributed by atoms with Crippen molar-refractivity contribution < 1.29 is 8.81 Å². The molecule has 0 amide bonds. The van der Waals surface area contributed by atoms with Gasteiger partial charge in [-0.3, -0.25) is 0 Å². The Morgan fingerprint density at radius 1 is 1.38 bits per heavy atom. The molecule has 2 aromatic heterocycles. The summed E-state index contributed by atoms with van der Waals surface area (Å²) in [6.07, 6.45) is 3.04. The lowest BCUT2D eigenvalue weighted by atomic mass is 10.1. The zero-order valence-electron chi connectivity index (χ0n) is 11.7. The van der Waals surface area contributed by atoms with E-state index >= 15 is 0 Å². The minimum atomic E-state index is -0.258. The maximum absolute atomic E-state index is 13.6. The first-order chi connectivity index (χ1) is 10.2. The highest BCUT2D eigenvalue weighted by atomic mass is 35.5. The van der Waals surface area contributed by atoms with Crippen molar-refractivity contribution in [3.05, 3.63) is 54.0 Å². The van der Waals surface area contributed by atoms with Gasteiger partial charge in [-0.15, -0.1) is 11.6 Å². The lowest BCUT2D eigenvalue weighted by molar-refractivity contribution is 0.447. The predicted molar refractivity (Wildman–Crippen MR) is 81.2 cm³/mol. The number of aryl methyl sites for hydroxylation is 1. The number of imidazole rings is 1. The molecule has 0 saturated carbocycles. The van der Waals surface area contributed by atoms with Crippen molar-refractivity contribution in [1.29, 1.82) is 0 Å². The minimum absolute atomic E-state index is 0.112. The van der Waals surface area contributed by atoms with E-state index in [2.05, 4.69) is 16.5 Å². The van der Waals surface area contributed by atoms with Gasteiger partial charge < -0.3 is 8.98 Å². The minimum Gasteiger partial charge on any atom is -0.469 e. The van der Waals surface area contributed by atoms with E-state index in [0.717, 1.165) is 29.0 Å². The van der Waals surface area contributed by atoms with Gasteiger partial charge in [-0.05, 0) is 37.3 Å². The van der Waals surface area contributed by atoms with Crippen molar-refractivity contribution in [2.24, 2.45) is 0 Å². The van der Waals surface area contributed by atoms with Crippen LogP contribution in [0.25, 0.3) is 11.0 Å². The Bertz CT molecular complexity index is 736. The number of benzene rings is 1. The first kappa shape index (κ1) is 14.1. The molecule has 0 N–H and O–H groups in total. The molecule has 1 aromatic carbocycles. The van der Waals surface area contributed by atoms with Crippen LogP contribution >= 0.6 is 11.6 Å². The molecular weight excluding hydrogens is 291 g/mol. The summed E-state index contributed by atoms with van der Waals surface area (Å²) in [5.74, 6) is 2.01. The van der Waals surface area contributed by atoms with Gasteiger partial charge in [0.2, 0.25) is 0 Å². The van der Waals surface area contributed by atoms with Gasteiger partial charge in [-0.25, -0.2) is 9.37 Å². The van der Waals surface area contributed by atoms with Crippen LogP contribution in [0.2, 0.25) is 0 Å². The van der Waals surface area contributed by atoms with E-state index in [0.29, 0.717) is 12.3 Å². The molecule has 0 aliphatic heterocycles. The van der Waals surface area contributed by atoms with Crippen LogP contribution < -0.4 is 0 Å². The number of hydrogen-bond donors (Lipinski definition) is 0. The quantitative estimate of drug-likeness (QED) is 0.656. The first-order valence-corrected chi connectivity index (χ1v) is 7.47. The molecule has 2 heterocycles. The van der Waals surface area contributed by atoms with E-state index in [4.69, 9.17) is 16.0 Å². The summed E-state index contributed by atoms with van der Waals surface area (Å²) >= 11 is 5.87. The number of alkyl halides is 1. The molecule has 21 heavy (non-hydrogen) atoms. The summed E-state index contributed by atoms with van der Waals surface area (Å²) in [5, 5.41) is 0. The molecule has 5 heteroatoms. The number of hydrogen-bond acceptors (Lipinski definition) is 2. The molecular formula is C16H16ClFN2O.